The number of carboxylic acids is 1. The molecule has 2 heterocycles. The fourth-order valence-corrected chi connectivity index (χ4v) is 3.85. The van der Waals surface area contributed by atoms with E-state index in [1.165, 1.54) is 28.6 Å². The molecule has 4 rings (SSSR count). The number of tetrazole rings is 1. The molecule has 3 aromatic rings. The SMILES string of the molecule is O=C(O)c1ccc(-n2nnnc2SCC(=O)c2ccc(N3CCOCC3)cc2)cc1. The van der Waals surface area contributed by atoms with Gasteiger partial charge in [0.05, 0.1) is 30.2 Å². The van der Waals surface area contributed by atoms with Crippen molar-refractivity contribution in [3.05, 3.63) is 59.7 Å². The van der Waals surface area contributed by atoms with Crippen LogP contribution in [0.4, 0.5) is 5.69 Å². The van der Waals surface area contributed by atoms with Crippen molar-refractivity contribution in [3.8, 4) is 5.69 Å². The van der Waals surface area contributed by atoms with Crippen molar-refractivity contribution in [3.63, 3.8) is 0 Å². The lowest BCUT2D eigenvalue weighted by molar-refractivity contribution is 0.0696. The van der Waals surface area contributed by atoms with Gasteiger partial charge in [0.1, 0.15) is 0 Å². The molecule has 0 radical (unpaired) electrons. The number of carbonyl (C=O) groups is 2. The summed E-state index contributed by atoms with van der Waals surface area (Å²) in [5.74, 6) is -0.841. The minimum atomic E-state index is -1.00. The van der Waals surface area contributed by atoms with Gasteiger partial charge in [-0.25, -0.2) is 4.79 Å². The Balaban J connectivity index is 1.40. The van der Waals surface area contributed by atoms with Crippen LogP contribution < -0.4 is 4.90 Å². The highest BCUT2D eigenvalue weighted by molar-refractivity contribution is 7.99. The van der Waals surface area contributed by atoms with Gasteiger partial charge >= 0.3 is 5.97 Å². The summed E-state index contributed by atoms with van der Waals surface area (Å²) in [5.41, 5.74) is 2.51. The first-order valence-corrected chi connectivity index (χ1v) is 10.3. The number of Topliss-reactive ketones (excluding diaryl/α,β-unsaturated/α-hetero) is 1. The first kappa shape index (κ1) is 20.0. The van der Waals surface area contributed by atoms with Crippen molar-refractivity contribution in [2.24, 2.45) is 0 Å². The lowest BCUT2D eigenvalue weighted by Crippen LogP contribution is -2.36. The number of hydrogen-bond donors (Lipinski definition) is 1. The van der Waals surface area contributed by atoms with Crippen molar-refractivity contribution in [1.82, 2.24) is 20.2 Å². The average Bonchev–Trinajstić information content (AvgIpc) is 3.27. The summed E-state index contributed by atoms with van der Waals surface area (Å²) in [4.78, 5) is 25.8. The van der Waals surface area contributed by atoms with E-state index >= 15 is 0 Å². The molecule has 30 heavy (non-hydrogen) atoms. The van der Waals surface area contributed by atoms with E-state index in [1.807, 2.05) is 24.3 Å². The van der Waals surface area contributed by atoms with Crippen molar-refractivity contribution in [2.45, 2.75) is 5.16 Å². The molecule has 10 heteroatoms. The summed E-state index contributed by atoms with van der Waals surface area (Å²) in [7, 11) is 0. The van der Waals surface area contributed by atoms with Gasteiger partial charge in [0.15, 0.2) is 5.78 Å². The van der Waals surface area contributed by atoms with Crippen molar-refractivity contribution < 1.29 is 19.4 Å². The standard InChI is InChI=1S/C20H19N5O4S/c26-18(14-1-5-16(6-2-14)24-9-11-29-12-10-24)13-30-20-21-22-23-25(20)17-7-3-15(4-8-17)19(27)28/h1-8H,9-13H2,(H,27,28). The second kappa shape index (κ2) is 9.06. The summed E-state index contributed by atoms with van der Waals surface area (Å²) in [5, 5.41) is 21.0. The van der Waals surface area contributed by atoms with Gasteiger partial charge < -0.3 is 14.7 Å². The minimum Gasteiger partial charge on any atom is -0.478 e. The Morgan fingerprint density at radius 1 is 0.967 bits per heavy atom. The number of morpholine rings is 1. The molecule has 0 amide bonds. The number of anilines is 1. The highest BCUT2D eigenvalue weighted by atomic mass is 32.2. The summed E-state index contributed by atoms with van der Waals surface area (Å²) in [6.45, 7) is 3.12. The Bertz CT molecular complexity index is 1030. The monoisotopic (exact) mass is 425 g/mol. The van der Waals surface area contributed by atoms with E-state index in [4.69, 9.17) is 9.84 Å². The van der Waals surface area contributed by atoms with Gasteiger partial charge in [-0.3, -0.25) is 4.79 Å². The predicted molar refractivity (Wildman–Crippen MR) is 111 cm³/mol. The zero-order chi connectivity index (χ0) is 20.9. The van der Waals surface area contributed by atoms with Gasteiger partial charge in [-0.1, -0.05) is 11.8 Å². The quantitative estimate of drug-likeness (QED) is 0.450. The molecule has 1 fully saturated rings. The van der Waals surface area contributed by atoms with Crippen LogP contribution in [0.2, 0.25) is 0 Å². The minimum absolute atomic E-state index is 0.0238. The third kappa shape index (κ3) is 4.50. The number of nitrogens with zero attached hydrogens (tertiary/aromatic N) is 5. The van der Waals surface area contributed by atoms with Gasteiger partial charge in [-0.05, 0) is 59.0 Å². The van der Waals surface area contributed by atoms with Crippen molar-refractivity contribution >= 4 is 29.2 Å². The highest BCUT2D eigenvalue weighted by Gasteiger charge is 2.15. The number of hydrogen-bond acceptors (Lipinski definition) is 8. The van der Waals surface area contributed by atoms with Gasteiger partial charge in [-0.15, -0.1) is 5.10 Å². The van der Waals surface area contributed by atoms with E-state index in [0.717, 1.165) is 18.8 Å². The van der Waals surface area contributed by atoms with Crippen LogP contribution in [0.25, 0.3) is 5.69 Å². The average molecular weight is 425 g/mol. The Labute approximate surface area is 176 Å². The van der Waals surface area contributed by atoms with Gasteiger partial charge in [-0.2, -0.15) is 4.68 Å². The lowest BCUT2D eigenvalue weighted by atomic mass is 10.1. The number of aromatic nitrogens is 4. The highest BCUT2D eigenvalue weighted by Crippen LogP contribution is 2.21. The molecular formula is C20H19N5O4S. The molecular weight excluding hydrogens is 406 g/mol. The van der Waals surface area contributed by atoms with Crippen LogP contribution >= 0.6 is 11.8 Å². The molecule has 0 atom stereocenters. The number of thioether (sulfide) groups is 1. The van der Waals surface area contributed by atoms with Crippen LogP contribution in [0, 0.1) is 0 Å². The number of carbonyl (C=O) groups excluding carboxylic acids is 1. The zero-order valence-corrected chi connectivity index (χ0v) is 16.8. The second-order valence-corrected chi connectivity index (χ2v) is 7.53. The first-order chi connectivity index (χ1) is 14.6. The first-order valence-electron chi connectivity index (χ1n) is 9.33. The summed E-state index contributed by atoms with van der Waals surface area (Å²) < 4.78 is 6.84. The van der Waals surface area contributed by atoms with E-state index < -0.39 is 5.97 Å². The zero-order valence-electron chi connectivity index (χ0n) is 16.0. The fourth-order valence-electron chi connectivity index (χ4n) is 3.07. The van der Waals surface area contributed by atoms with Crippen molar-refractivity contribution in [1.29, 1.82) is 0 Å². The molecule has 154 valence electrons. The van der Waals surface area contributed by atoms with Crippen LogP contribution in [0.5, 0.6) is 0 Å². The number of ether oxygens (including phenoxy) is 1. The Morgan fingerprint density at radius 2 is 1.60 bits per heavy atom. The molecule has 0 aliphatic carbocycles. The molecule has 1 N–H and O–H groups in total. The summed E-state index contributed by atoms with van der Waals surface area (Å²) in [6.07, 6.45) is 0. The molecule has 1 aliphatic rings. The van der Waals surface area contributed by atoms with E-state index in [2.05, 4.69) is 20.4 Å². The van der Waals surface area contributed by atoms with E-state index in [0.29, 0.717) is 29.6 Å². The van der Waals surface area contributed by atoms with Crippen LogP contribution in [0.1, 0.15) is 20.7 Å². The molecule has 9 nitrogen and oxygen atoms in total. The fraction of sp³-hybridized carbons (Fsp3) is 0.250. The van der Waals surface area contributed by atoms with Crippen LogP contribution in [0.15, 0.2) is 53.7 Å². The third-order valence-electron chi connectivity index (χ3n) is 4.70. The number of carboxylic acid groups (broad SMARTS) is 1. The molecule has 1 saturated heterocycles. The van der Waals surface area contributed by atoms with Crippen LogP contribution in [0.3, 0.4) is 0 Å². The summed E-state index contributed by atoms with van der Waals surface area (Å²) >= 11 is 1.23. The molecule has 2 aromatic carbocycles. The lowest BCUT2D eigenvalue weighted by Gasteiger charge is -2.28. The Kier molecular flexibility index (Phi) is 6.05. The third-order valence-corrected chi connectivity index (χ3v) is 5.62. The van der Waals surface area contributed by atoms with Gasteiger partial charge in [0, 0.05) is 24.3 Å². The van der Waals surface area contributed by atoms with Crippen LogP contribution in [-0.4, -0.2) is 69.1 Å². The molecule has 1 aromatic heterocycles. The topological polar surface area (TPSA) is 110 Å². The van der Waals surface area contributed by atoms with E-state index in [9.17, 15) is 9.59 Å². The number of benzene rings is 2. The molecule has 0 bridgehead atoms. The molecule has 0 unspecified atom stereocenters. The maximum absolute atomic E-state index is 12.6. The van der Waals surface area contributed by atoms with E-state index in [-0.39, 0.29) is 17.1 Å². The maximum Gasteiger partial charge on any atom is 0.335 e. The molecule has 0 saturated carbocycles. The smallest absolute Gasteiger partial charge is 0.335 e. The number of aromatic carboxylic acids is 1. The Morgan fingerprint density at radius 3 is 2.27 bits per heavy atom. The van der Waals surface area contributed by atoms with Gasteiger partial charge in [0.25, 0.3) is 0 Å². The normalized spacial score (nSPS) is 13.9. The summed E-state index contributed by atoms with van der Waals surface area (Å²) in [6, 6.07) is 13.8. The molecule has 0 spiro atoms. The maximum atomic E-state index is 12.6. The number of rotatable bonds is 7. The predicted octanol–water partition coefficient (Wildman–Crippen LogP) is 2.17. The Hall–Kier alpha value is -3.24. The second-order valence-electron chi connectivity index (χ2n) is 6.58. The molecule has 1 aliphatic heterocycles. The number of ketones is 1. The van der Waals surface area contributed by atoms with Gasteiger partial charge in [0.2, 0.25) is 5.16 Å². The van der Waals surface area contributed by atoms with E-state index in [1.54, 1.807) is 12.1 Å². The van der Waals surface area contributed by atoms with Crippen LogP contribution in [-0.2, 0) is 4.74 Å². The largest absolute Gasteiger partial charge is 0.478 e. The van der Waals surface area contributed by atoms with Crippen molar-refractivity contribution in [2.75, 3.05) is 37.0 Å².